The molecule has 150 valence electrons. The van der Waals surface area contributed by atoms with Gasteiger partial charge in [-0.05, 0) is 42.8 Å². The minimum Gasteiger partial charge on any atom is -0.497 e. The highest BCUT2D eigenvalue weighted by molar-refractivity contribution is 5.97. The van der Waals surface area contributed by atoms with Crippen molar-refractivity contribution in [1.82, 2.24) is 0 Å². The first-order valence-corrected chi connectivity index (χ1v) is 9.06. The first-order valence-electron chi connectivity index (χ1n) is 9.06. The Hall–Kier alpha value is -3.66. The number of fused-ring (bicyclic) bond motifs is 1. The Balaban J connectivity index is 2.40. The molecule has 0 spiro atoms. The van der Waals surface area contributed by atoms with Gasteiger partial charge in [-0.15, -0.1) is 0 Å². The maximum absolute atomic E-state index is 12.8. The maximum atomic E-state index is 12.8. The van der Waals surface area contributed by atoms with Crippen LogP contribution in [0.5, 0.6) is 11.5 Å². The van der Waals surface area contributed by atoms with Gasteiger partial charge in [-0.25, -0.2) is 4.79 Å². The number of carbonyl (C=O) groups is 1. The van der Waals surface area contributed by atoms with E-state index in [0.717, 1.165) is 10.8 Å². The highest BCUT2D eigenvalue weighted by Crippen LogP contribution is 2.46. The van der Waals surface area contributed by atoms with Crippen LogP contribution in [-0.4, -0.2) is 26.8 Å². The summed E-state index contributed by atoms with van der Waals surface area (Å²) in [5, 5.41) is 11.5. The molecule has 0 bridgehead atoms. The Morgan fingerprint density at radius 3 is 2.59 bits per heavy atom. The Bertz CT molecular complexity index is 1070. The van der Waals surface area contributed by atoms with Crippen molar-refractivity contribution in [1.29, 1.82) is 5.26 Å². The molecular formula is C22H22N2O5. The van der Waals surface area contributed by atoms with Gasteiger partial charge >= 0.3 is 5.97 Å². The third-order valence-electron chi connectivity index (χ3n) is 4.84. The Kier molecular flexibility index (Phi) is 5.64. The Labute approximate surface area is 168 Å². The third kappa shape index (κ3) is 3.45. The van der Waals surface area contributed by atoms with Crippen molar-refractivity contribution < 1.29 is 23.7 Å². The van der Waals surface area contributed by atoms with Gasteiger partial charge in [0.25, 0.3) is 0 Å². The van der Waals surface area contributed by atoms with Crippen LogP contribution in [0, 0.1) is 11.3 Å². The Morgan fingerprint density at radius 1 is 1.24 bits per heavy atom. The molecule has 29 heavy (non-hydrogen) atoms. The van der Waals surface area contributed by atoms with Gasteiger partial charge in [0, 0.05) is 5.56 Å². The van der Waals surface area contributed by atoms with E-state index >= 15 is 0 Å². The van der Waals surface area contributed by atoms with E-state index in [1.54, 1.807) is 27.0 Å². The Morgan fingerprint density at radius 2 is 1.97 bits per heavy atom. The molecule has 2 aromatic carbocycles. The van der Waals surface area contributed by atoms with Gasteiger partial charge in [0.05, 0.1) is 32.3 Å². The fraction of sp³-hybridized carbons (Fsp3) is 0.273. The second kappa shape index (κ2) is 8.15. The average molecular weight is 394 g/mol. The van der Waals surface area contributed by atoms with Gasteiger partial charge in [-0.3, -0.25) is 0 Å². The molecule has 0 saturated heterocycles. The van der Waals surface area contributed by atoms with Gasteiger partial charge < -0.3 is 24.7 Å². The van der Waals surface area contributed by atoms with Crippen LogP contribution >= 0.6 is 0 Å². The standard InChI is InChI=1S/C22H22N2O5/c1-5-28-22(25)18-12(2)29-21(24)16(11-23)20(18)19-15-10-14(26-3)8-6-13(15)7-9-17(19)27-4/h6-10,20H,5,24H2,1-4H3. The van der Waals surface area contributed by atoms with Crippen LogP contribution in [0.4, 0.5) is 0 Å². The molecule has 3 rings (SSSR count). The molecule has 1 aliphatic heterocycles. The van der Waals surface area contributed by atoms with Crippen LogP contribution in [0.15, 0.2) is 53.1 Å². The minimum absolute atomic E-state index is 0.0509. The highest BCUT2D eigenvalue weighted by Gasteiger charge is 2.38. The summed E-state index contributed by atoms with van der Waals surface area (Å²) in [7, 11) is 3.10. The van der Waals surface area contributed by atoms with Gasteiger partial charge in [-0.2, -0.15) is 5.26 Å². The fourth-order valence-electron chi connectivity index (χ4n) is 3.55. The maximum Gasteiger partial charge on any atom is 0.338 e. The van der Waals surface area contributed by atoms with E-state index < -0.39 is 11.9 Å². The van der Waals surface area contributed by atoms with Crippen LogP contribution in [0.1, 0.15) is 25.3 Å². The number of hydrogen-bond acceptors (Lipinski definition) is 7. The number of hydrogen-bond donors (Lipinski definition) is 1. The van der Waals surface area contributed by atoms with Crippen molar-refractivity contribution in [2.45, 2.75) is 19.8 Å². The van der Waals surface area contributed by atoms with E-state index in [0.29, 0.717) is 17.1 Å². The van der Waals surface area contributed by atoms with Crippen molar-refractivity contribution in [3.05, 3.63) is 58.7 Å². The topological polar surface area (TPSA) is 104 Å². The van der Waals surface area contributed by atoms with E-state index in [1.165, 1.54) is 7.11 Å². The van der Waals surface area contributed by atoms with Gasteiger partial charge in [0.15, 0.2) is 0 Å². The SMILES string of the molecule is CCOC(=O)C1=C(C)OC(N)=C(C#N)C1c1c(OC)ccc2ccc(OC)cc12. The zero-order valence-electron chi connectivity index (χ0n) is 16.7. The van der Waals surface area contributed by atoms with Crippen LogP contribution in [0.2, 0.25) is 0 Å². The summed E-state index contributed by atoms with van der Waals surface area (Å²) >= 11 is 0. The van der Waals surface area contributed by atoms with Crippen LogP contribution in [0.3, 0.4) is 0 Å². The van der Waals surface area contributed by atoms with Crippen LogP contribution in [-0.2, 0) is 14.3 Å². The molecule has 1 heterocycles. The van der Waals surface area contributed by atoms with Gasteiger partial charge in [0.2, 0.25) is 5.88 Å². The second-order valence-corrected chi connectivity index (χ2v) is 6.38. The van der Waals surface area contributed by atoms with E-state index in [1.807, 2.05) is 24.3 Å². The fourth-order valence-corrected chi connectivity index (χ4v) is 3.55. The van der Waals surface area contributed by atoms with Gasteiger partial charge in [-0.1, -0.05) is 12.1 Å². The number of rotatable bonds is 5. The summed E-state index contributed by atoms with van der Waals surface area (Å²) in [4.78, 5) is 12.8. The molecule has 1 unspecified atom stereocenters. The molecule has 7 nitrogen and oxygen atoms in total. The number of benzene rings is 2. The monoisotopic (exact) mass is 394 g/mol. The molecule has 0 fully saturated rings. The second-order valence-electron chi connectivity index (χ2n) is 6.38. The molecule has 0 aromatic heterocycles. The number of ether oxygens (including phenoxy) is 4. The molecule has 1 atom stereocenters. The normalized spacial score (nSPS) is 16.3. The lowest BCUT2D eigenvalue weighted by Crippen LogP contribution is -2.26. The van der Waals surface area contributed by atoms with Crippen molar-refractivity contribution in [2.24, 2.45) is 5.73 Å². The summed E-state index contributed by atoms with van der Waals surface area (Å²) in [5.41, 5.74) is 6.97. The molecule has 0 amide bonds. The average Bonchev–Trinajstić information content (AvgIpc) is 2.72. The molecule has 0 radical (unpaired) electrons. The predicted octanol–water partition coefficient (Wildman–Crippen LogP) is 3.50. The zero-order valence-corrected chi connectivity index (χ0v) is 16.7. The summed E-state index contributed by atoms with van der Waals surface area (Å²) in [5.74, 6) is -0.00614. The smallest absolute Gasteiger partial charge is 0.338 e. The van der Waals surface area contributed by atoms with E-state index in [4.69, 9.17) is 24.7 Å². The van der Waals surface area contributed by atoms with E-state index in [-0.39, 0.29) is 29.4 Å². The molecule has 1 aliphatic rings. The number of allylic oxidation sites excluding steroid dienone is 2. The summed E-state index contributed by atoms with van der Waals surface area (Å²) in [6.07, 6.45) is 0. The lowest BCUT2D eigenvalue weighted by Gasteiger charge is -2.28. The minimum atomic E-state index is -0.807. The number of nitrogens with two attached hydrogens (primary N) is 1. The van der Waals surface area contributed by atoms with Crippen LogP contribution < -0.4 is 15.2 Å². The number of nitrogens with zero attached hydrogens (tertiary/aromatic N) is 1. The number of esters is 1. The van der Waals surface area contributed by atoms with Crippen molar-refractivity contribution in [3.63, 3.8) is 0 Å². The lowest BCUT2D eigenvalue weighted by atomic mass is 9.80. The largest absolute Gasteiger partial charge is 0.497 e. The zero-order chi connectivity index (χ0) is 21.1. The number of carbonyl (C=O) groups excluding carboxylic acids is 1. The third-order valence-corrected chi connectivity index (χ3v) is 4.84. The molecule has 0 aliphatic carbocycles. The molecule has 0 saturated carbocycles. The molecule has 7 heteroatoms. The van der Waals surface area contributed by atoms with Crippen molar-refractivity contribution >= 4 is 16.7 Å². The predicted molar refractivity (Wildman–Crippen MR) is 107 cm³/mol. The molecule has 2 aromatic rings. The molecule has 2 N–H and O–H groups in total. The number of nitriles is 1. The lowest BCUT2D eigenvalue weighted by molar-refractivity contribution is -0.139. The quantitative estimate of drug-likeness (QED) is 0.774. The summed E-state index contributed by atoms with van der Waals surface area (Å²) in [6.45, 7) is 3.52. The highest BCUT2D eigenvalue weighted by atomic mass is 16.5. The molecular weight excluding hydrogens is 372 g/mol. The number of methoxy groups -OCH3 is 2. The van der Waals surface area contributed by atoms with Crippen LogP contribution in [0.25, 0.3) is 10.8 Å². The first kappa shape index (κ1) is 20.1. The van der Waals surface area contributed by atoms with Crippen molar-refractivity contribution in [3.8, 4) is 17.6 Å². The first-order chi connectivity index (χ1) is 14.0. The summed E-state index contributed by atoms with van der Waals surface area (Å²) in [6, 6.07) is 11.4. The van der Waals surface area contributed by atoms with E-state index in [9.17, 15) is 10.1 Å². The summed E-state index contributed by atoms with van der Waals surface area (Å²) < 4.78 is 21.7. The van der Waals surface area contributed by atoms with Crippen molar-refractivity contribution in [2.75, 3.05) is 20.8 Å². The van der Waals surface area contributed by atoms with E-state index in [2.05, 4.69) is 6.07 Å². The van der Waals surface area contributed by atoms with Gasteiger partial charge in [0.1, 0.15) is 28.9 Å².